The van der Waals surface area contributed by atoms with Gasteiger partial charge >= 0.3 is 0 Å². The van der Waals surface area contributed by atoms with Crippen LogP contribution in [0.15, 0.2) is 20.6 Å². The number of nitriles is 1. The van der Waals surface area contributed by atoms with E-state index >= 15 is 0 Å². The highest BCUT2D eigenvalue weighted by Crippen LogP contribution is 2.43. The molecule has 1 aromatic heterocycles. The zero-order chi connectivity index (χ0) is 16.4. The molecule has 0 saturated carbocycles. The summed E-state index contributed by atoms with van der Waals surface area (Å²) < 4.78 is 6.09. The third-order valence-corrected chi connectivity index (χ3v) is 4.94. The van der Waals surface area contributed by atoms with Crippen molar-refractivity contribution in [3.05, 3.63) is 17.8 Å². The van der Waals surface area contributed by atoms with Gasteiger partial charge in [0.15, 0.2) is 11.7 Å². The van der Waals surface area contributed by atoms with E-state index in [9.17, 15) is 0 Å². The number of hydrogen-bond acceptors (Lipinski definition) is 6. The van der Waals surface area contributed by atoms with Crippen molar-refractivity contribution in [1.29, 1.82) is 5.26 Å². The zero-order valence-corrected chi connectivity index (χ0v) is 13.9. The van der Waals surface area contributed by atoms with Crippen molar-refractivity contribution < 1.29 is 4.42 Å². The van der Waals surface area contributed by atoms with Crippen LogP contribution in [0.25, 0.3) is 0 Å². The van der Waals surface area contributed by atoms with Gasteiger partial charge in [0.2, 0.25) is 0 Å². The first-order valence-electron chi connectivity index (χ1n) is 8.28. The van der Waals surface area contributed by atoms with Crippen LogP contribution in [-0.4, -0.2) is 23.7 Å². The van der Waals surface area contributed by atoms with Crippen LogP contribution in [0.5, 0.6) is 0 Å². The second-order valence-electron chi connectivity index (χ2n) is 6.65. The number of amidine groups is 1. The summed E-state index contributed by atoms with van der Waals surface area (Å²) in [7, 11) is 0. The summed E-state index contributed by atoms with van der Waals surface area (Å²) in [5.41, 5.74) is -0.491. The molecule has 3 unspecified atom stereocenters. The topological polar surface area (TPSA) is 86.6 Å². The van der Waals surface area contributed by atoms with E-state index in [1.54, 1.807) is 12.5 Å². The van der Waals surface area contributed by atoms with Crippen LogP contribution in [0.4, 0.5) is 0 Å². The molecule has 1 N–H and O–H groups in total. The van der Waals surface area contributed by atoms with Crippen LogP contribution in [0, 0.1) is 23.2 Å². The lowest BCUT2D eigenvalue weighted by molar-refractivity contribution is 0.254. The van der Waals surface area contributed by atoms with Gasteiger partial charge in [-0.3, -0.25) is 4.99 Å². The highest BCUT2D eigenvalue weighted by Gasteiger charge is 2.49. The minimum absolute atomic E-state index is 0.0576. The molecule has 0 aliphatic carbocycles. The van der Waals surface area contributed by atoms with Crippen molar-refractivity contribution in [2.24, 2.45) is 21.8 Å². The minimum atomic E-state index is -0.491. The predicted molar refractivity (Wildman–Crippen MR) is 88.3 cm³/mol. The van der Waals surface area contributed by atoms with Crippen LogP contribution < -0.4 is 5.32 Å². The van der Waals surface area contributed by atoms with Gasteiger partial charge in [-0.15, -0.1) is 0 Å². The number of hydrogen-bond donors (Lipinski definition) is 1. The highest BCUT2D eigenvalue weighted by atomic mass is 16.4. The van der Waals surface area contributed by atoms with Crippen molar-refractivity contribution >= 4 is 12.2 Å². The molecular weight excluding hydrogens is 290 g/mol. The third kappa shape index (κ3) is 2.65. The quantitative estimate of drug-likeness (QED) is 0.905. The Bertz CT molecular complexity index is 671. The molecule has 6 nitrogen and oxygen atoms in total. The first-order chi connectivity index (χ1) is 11.1. The second kappa shape index (κ2) is 6.15. The van der Waals surface area contributed by atoms with Crippen LogP contribution >= 0.6 is 0 Å². The van der Waals surface area contributed by atoms with E-state index in [0.29, 0.717) is 18.2 Å². The normalized spacial score (nSPS) is 30.3. The zero-order valence-electron chi connectivity index (χ0n) is 13.9. The van der Waals surface area contributed by atoms with Crippen molar-refractivity contribution in [2.45, 2.75) is 51.5 Å². The van der Waals surface area contributed by atoms with Gasteiger partial charge in [-0.1, -0.05) is 20.3 Å². The Morgan fingerprint density at radius 3 is 3.13 bits per heavy atom. The number of rotatable bonds is 5. The molecule has 23 heavy (non-hydrogen) atoms. The van der Waals surface area contributed by atoms with Crippen molar-refractivity contribution in [3.63, 3.8) is 0 Å². The molecule has 3 heterocycles. The number of aromatic nitrogens is 1. The second-order valence-corrected chi connectivity index (χ2v) is 6.65. The van der Waals surface area contributed by atoms with Crippen molar-refractivity contribution in [1.82, 2.24) is 10.3 Å². The van der Waals surface area contributed by atoms with E-state index in [4.69, 9.17) is 9.68 Å². The van der Waals surface area contributed by atoms with Gasteiger partial charge in [0.25, 0.3) is 0 Å². The Labute approximate surface area is 136 Å². The standard InChI is InChI=1S/C17H23N5O/c1-4-5-12(6-7-18)16-20-9-13(23-16)17(3)14-11(2)8-19-15(14)21-10-22-17/h9-12,14H,4-6,8H2,1-3H3,(H,19,21,22)/t11?,12?,14?,17-/m1/s1. The molecule has 0 amide bonds. The maximum atomic E-state index is 9.02. The average Bonchev–Trinajstić information content (AvgIpc) is 3.16. The number of nitrogens with one attached hydrogen (secondary N) is 1. The Morgan fingerprint density at radius 1 is 1.57 bits per heavy atom. The maximum absolute atomic E-state index is 9.02. The summed E-state index contributed by atoms with van der Waals surface area (Å²) in [5.74, 6) is 3.06. The van der Waals surface area contributed by atoms with E-state index in [2.05, 4.69) is 47.1 Å². The Balaban J connectivity index is 1.91. The van der Waals surface area contributed by atoms with E-state index in [1.807, 2.05) is 0 Å². The van der Waals surface area contributed by atoms with E-state index < -0.39 is 5.54 Å². The largest absolute Gasteiger partial charge is 0.443 e. The Kier molecular flexibility index (Phi) is 4.20. The monoisotopic (exact) mass is 313 g/mol. The molecule has 1 fully saturated rings. The number of nitrogens with zero attached hydrogens (tertiary/aromatic N) is 4. The van der Waals surface area contributed by atoms with Crippen LogP contribution in [0.1, 0.15) is 57.6 Å². The first kappa shape index (κ1) is 15.7. The summed E-state index contributed by atoms with van der Waals surface area (Å²) in [4.78, 5) is 13.5. The average molecular weight is 313 g/mol. The molecule has 1 aromatic rings. The molecule has 3 rings (SSSR count). The summed E-state index contributed by atoms with van der Waals surface area (Å²) in [6, 6.07) is 2.23. The van der Waals surface area contributed by atoms with Gasteiger partial charge in [0.1, 0.15) is 17.7 Å². The summed E-state index contributed by atoms with van der Waals surface area (Å²) in [6.45, 7) is 7.29. The van der Waals surface area contributed by atoms with Gasteiger partial charge in [0, 0.05) is 18.9 Å². The Hall–Kier alpha value is -2.16. The van der Waals surface area contributed by atoms with Crippen LogP contribution in [0.2, 0.25) is 0 Å². The predicted octanol–water partition coefficient (Wildman–Crippen LogP) is 2.98. The highest BCUT2D eigenvalue weighted by molar-refractivity contribution is 5.95. The molecule has 1 saturated heterocycles. The van der Waals surface area contributed by atoms with Crippen molar-refractivity contribution in [2.75, 3.05) is 6.54 Å². The van der Waals surface area contributed by atoms with E-state index in [1.165, 1.54) is 0 Å². The number of fused-ring (bicyclic) bond motifs is 1. The van der Waals surface area contributed by atoms with Crippen molar-refractivity contribution in [3.8, 4) is 6.07 Å². The van der Waals surface area contributed by atoms with Gasteiger partial charge < -0.3 is 9.73 Å². The lowest BCUT2D eigenvalue weighted by Gasteiger charge is -2.33. The van der Waals surface area contributed by atoms with Crippen LogP contribution in [-0.2, 0) is 5.54 Å². The first-order valence-corrected chi connectivity index (χ1v) is 8.28. The number of aliphatic imine (C=N–C) groups is 2. The minimum Gasteiger partial charge on any atom is -0.443 e. The molecule has 2 aliphatic heterocycles. The molecule has 0 bridgehead atoms. The molecule has 122 valence electrons. The molecule has 0 radical (unpaired) electrons. The SMILES string of the molecule is CCCC(CC#N)c1ncc([C@@]2(C)N=CN=C3NCC(C)C32)o1. The lowest BCUT2D eigenvalue weighted by atomic mass is 9.77. The smallest absolute Gasteiger partial charge is 0.198 e. The van der Waals surface area contributed by atoms with Gasteiger partial charge in [-0.2, -0.15) is 5.26 Å². The molecule has 2 aliphatic rings. The van der Waals surface area contributed by atoms with Gasteiger partial charge in [-0.05, 0) is 19.3 Å². The lowest BCUT2D eigenvalue weighted by Crippen LogP contribution is -2.40. The maximum Gasteiger partial charge on any atom is 0.198 e. The molecule has 0 spiro atoms. The number of oxazole rings is 1. The summed E-state index contributed by atoms with van der Waals surface area (Å²) in [5, 5.41) is 12.4. The molecule has 6 heteroatoms. The Morgan fingerprint density at radius 2 is 2.39 bits per heavy atom. The molecule has 0 aromatic carbocycles. The van der Waals surface area contributed by atoms with E-state index in [-0.39, 0.29) is 11.8 Å². The van der Waals surface area contributed by atoms with Gasteiger partial charge in [0.05, 0.1) is 18.2 Å². The molecule has 4 atom stereocenters. The third-order valence-electron chi connectivity index (χ3n) is 4.94. The fraction of sp³-hybridized carbons (Fsp3) is 0.647. The van der Waals surface area contributed by atoms with E-state index in [0.717, 1.165) is 31.0 Å². The fourth-order valence-electron chi connectivity index (χ4n) is 3.70. The summed E-state index contributed by atoms with van der Waals surface area (Å²) >= 11 is 0. The fourth-order valence-corrected chi connectivity index (χ4v) is 3.70. The van der Waals surface area contributed by atoms with Crippen LogP contribution in [0.3, 0.4) is 0 Å². The molecular formula is C17H23N5O. The van der Waals surface area contributed by atoms with Gasteiger partial charge in [-0.25, -0.2) is 9.98 Å². The summed E-state index contributed by atoms with van der Waals surface area (Å²) in [6.07, 6.45) is 5.72.